The molecule has 0 amide bonds. The molecule has 2 aromatic rings. The summed E-state index contributed by atoms with van der Waals surface area (Å²) in [5.74, 6) is -0.482. The standard InChI is InChI=1S/C18H21F3N2O3S/c1-13-5-4-6-14(11-13)17(12-23(2)3)22-27(24,25)16-9-7-15(8-10-16)26-18(19,20)21/h4-11,17,22H,12H2,1-3H3. The zero-order valence-corrected chi connectivity index (χ0v) is 15.9. The molecular formula is C18H21F3N2O3S. The first-order valence-electron chi connectivity index (χ1n) is 8.06. The monoisotopic (exact) mass is 402 g/mol. The molecule has 0 aromatic heterocycles. The van der Waals surface area contributed by atoms with Gasteiger partial charge in [0.15, 0.2) is 0 Å². The van der Waals surface area contributed by atoms with Crippen molar-refractivity contribution in [2.24, 2.45) is 0 Å². The van der Waals surface area contributed by atoms with Gasteiger partial charge in [-0.15, -0.1) is 13.2 Å². The number of alkyl halides is 3. The van der Waals surface area contributed by atoms with Crippen molar-refractivity contribution in [3.63, 3.8) is 0 Å². The third kappa shape index (κ3) is 6.53. The first kappa shape index (κ1) is 21.2. The second-order valence-electron chi connectivity index (χ2n) is 6.37. The van der Waals surface area contributed by atoms with E-state index in [9.17, 15) is 21.6 Å². The Morgan fingerprint density at radius 2 is 1.74 bits per heavy atom. The van der Waals surface area contributed by atoms with Crippen molar-refractivity contribution in [1.82, 2.24) is 9.62 Å². The number of ether oxygens (including phenoxy) is 1. The second kappa shape index (κ2) is 8.28. The van der Waals surface area contributed by atoms with Gasteiger partial charge in [-0.2, -0.15) is 0 Å². The Morgan fingerprint density at radius 1 is 1.11 bits per heavy atom. The van der Waals surface area contributed by atoms with Gasteiger partial charge in [-0.25, -0.2) is 13.1 Å². The average Bonchev–Trinajstić information content (AvgIpc) is 2.52. The molecule has 0 fully saturated rings. The summed E-state index contributed by atoms with van der Waals surface area (Å²) in [7, 11) is -0.300. The maximum absolute atomic E-state index is 12.7. The van der Waals surface area contributed by atoms with E-state index >= 15 is 0 Å². The third-order valence-corrected chi connectivity index (χ3v) is 5.14. The number of aryl methyl sites for hydroxylation is 1. The lowest BCUT2D eigenvalue weighted by Gasteiger charge is -2.23. The van der Waals surface area contributed by atoms with Crippen LogP contribution in [-0.2, 0) is 10.0 Å². The van der Waals surface area contributed by atoms with E-state index in [4.69, 9.17) is 0 Å². The number of benzene rings is 2. The smallest absolute Gasteiger partial charge is 0.406 e. The first-order chi connectivity index (χ1) is 12.5. The van der Waals surface area contributed by atoms with Crippen LogP contribution < -0.4 is 9.46 Å². The highest BCUT2D eigenvalue weighted by Gasteiger charge is 2.31. The molecule has 0 aliphatic heterocycles. The minimum absolute atomic E-state index is 0.145. The van der Waals surface area contributed by atoms with Crippen LogP contribution in [0.4, 0.5) is 13.2 Å². The van der Waals surface area contributed by atoms with Gasteiger partial charge < -0.3 is 9.64 Å². The molecule has 0 heterocycles. The van der Waals surface area contributed by atoms with Gasteiger partial charge in [0.1, 0.15) is 5.75 Å². The molecule has 0 aliphatic carbocycles. The van der Waals surface area contributed by atoms with Gasteiger partial charge >= 0.3 is 6.36 Å². The Hall–Kier alpha value is -2.10. The lowest BCUT2D eigenvalue weighted by Crippen LogP contribution is -2.35. The van der Waals surface area contributed by atoms with Gasteiger partial charge in [0.25, 0.3) is 0 Å². The number of hydrogen-bond donors (Lipinski definition) is 1. The van der Waals surface area contributed by atoms with Crippen molar-refractivity contribution in [3.05, 3.63) is 59.7 Å². The molecule has 0 bridgehead atoms. The van der Waals surface area contributed by atoms with Gasteiger partial charge in [-0.1, -0.05) is 29.8 Å². The van der Waals surface area contributed by atoms with Crippen molar-refractivity contribution >= 4 is 10.0 Å². The quantitative estimate of drug-likeness (QED) is 0.771. The molecular weight excluding hydrogens is 381 g/mol. The molecule has 27 heavy (non-hydrogen) atoms. The molecule has 9 heteroatoms. The van der Waals surface area contributed by atoms with Crippen molar-refractivity contribution in [2.45, 2.75) is 24.2 Å². The Balaban J connectivity index is 2.25. The van der Waals surface area contributed by atoms with E-state index in [0.29, 0.717) is 6.54 Å². The Bertz CT molecular complexity index is 866. The van der Waals surface area contributed by atoms with Crippen LogP contribution in [0.25, 0.3) is 0 Å². The Kier molecular flexibility index (Phi) is 6.50. The largest absolute Gasteiger partial charge is 0.573 e. The summed E-state index contributed by atoms with van der Waals surface area (Å²) in [4.78, 5) is 1.70. The summed E-state index contributed by atoms with van der Waals surface area (Å²) in [6.07, 6.45) is -4.83. The minimum atomic E-state index is -4.83. The van der Waals surface area contributed by atoms with Gasteiger partial charge in [-0.3, -0.25) is 0 Å². The number of nitrogens with one attached hydrogen (secondary N) is 1. The van der Waals surface area contributed by atoms with Crippen molar-refractivity contribution in [2.75, 3.05) is 20.6 Å². The Morgan fingerprint density at radius 3 is 2.26 bits per heavy atom. The molecule has 2 aromatic carbocycles. The maximum Gasteiger partial charge on any atom is 0.573 e. The molecule has 0 saturated carbocycles. The maximum atomic E-state index is 12.7. The lowest BCUT2D eigenvalue weighted by atomic mass is 10.1. The molecule has 0 saturated heterocycles. The fraction of sp³-hybridized carbons (Fsp3) is 0.333. The molecule has 0 radical (unpaired) electrons. The van der Waals surface area contributed by atoms with Crippen LogP contribution in [0.3, 0.4) is 0 Å². The van der Waals surface area contributed by atoms with Gasteiger partial charge in [0.2, 0.25) is 10.0 Å². The number of sulfonamides is 1. The first-order valence-corrected chi connectivity index (χ1v) is 9.54. The summed E-state index contributed by atoms with van der Waals surface area (Å²) in [5, 5.41) is 0. The average molecular weight is 402 g/mol. The van der Waals surface area contributed by atoms with Crippen LogP contribution in [-0.4, -0.2) is 40.3 Å². The zero-order chi connectivity index (χ0) is 20.2. The van der Waals surface area contributed by atoms with Crippen LogP contribution in [0.1, 0.15) is 17.2 Å². The highest BCUT2D eigenvalue weighted by Crippen LogP contribution is 2.25. The van der Waals surface area contributed by atoms with E-state index in [1.807, 2.05) is 50.2 Å². The van der Waals surface area contributed by atoms with Crippen molar-refractivity contribution in [3.8, 4) is 5.75 Å². The SMILES string of the molecule is Cc1cccc(C(CN(C)C)NS(=O)(=O)c2ccc(OC(F)(F)F)cc2)c1. The fourth-order valence-corrected chi connectivity index (χ4v) is 3.75. The predicted octanol–water partition coefficient (Wildman–Crippen LogP) is 3.47. The van der Waals surface area contributed by atoms with Crippen molar-refractivity contribution < 1.29 is 26.3 Å². The van der Waals surface area contributed by atoms with Crippen LogP contribution in [0.2, 0.25) is 0 Å². The highest BCUT2D eigenvalue weighted by molar-refractivity contribution is 7.89. The topological polar surface area (TPSA) is 58.6 Å². The number of halogens is 3. The molecule has 148 valence electrons. The van der Waals surface area contributed by atoms with Crippen LogP contribution >= 0.6 is 0 Å². The third-order valence-electron chi connectivity index (χ3n) is 3.66. The highest BCUT2D eigenvalue weighted by atomic mass is 32.2. The number of rotatable bonds is 7. The van der Waals surface area contributed by atoms with E-state index < -0.39 is 28.2 Å². The predicted molar refractivity (Wildman–Crippen MR) is 95.9 cm³/mol. The van der Waals surface area contributed by atoms with E-state index in [2.05, 4.69) is 9.46 Å². The molecule has 0 spiro atoms. The van der Waals surface area contributed by atoms with E-state index in [-0.39, 0.29) is 4.90 Å². The second-order valence-corrected chi connectivity index (χ2v) is 8.08. The molecule has 1 atom stereocenters. The number of likely N-dealkylation sites (N-methyl/N-ethyl adjacent to an activating group) is 1. The number of hydrogen-bond acceptors (Lipinski definition) is 4. The summed E-state index contributed by atoms with van der Waals surface area (Å²) >= 11 is 0. The van der Waals surface area contributed by atoms with Crippen LogP contribution in [0.5, 0.6) is 5.75 Å². The summed E-state index contributed by atoms with van der Waals surface area (Å²) in [6, 6.07) is 11.0. The van der Waals surface area contributed by atoms with E-state index in [1.54, 1.807) is 0 Å². The molecule has 1 unspecified atom stereocenters. The summed E-state index contributed by atoms with van der Waals surface area (Å²) in [5.41, 5.74) is 1.79. The van der Waals surface area contributed by atoms with Crippen molar-refractivity contribution in [1.29, 1.82) is 0 Å². The molecule has 0 aliphatic rings. The summed E-state index contributed by atoms with van der Waals surface area (Å²) < 4.78 is 68.5. The van der Waals surface area contributed by atoms with E-state index in [0.717, 1.165) is 35.4 Å². The van der Waals surface area contributed by atoms with E-state index in [1.165, 1.54) is 0 Å². The van der Waals surface area contributed by atoms with Gasteiger partial charge in [-0.05, 0) is 50.8 Å². The number of nitrogens with zero attached hydrogens (tertiary/aromatic N) is 1. The molecule has 2 rings (SSSR count). The van der Waals surface area contributed by atoms with Crippen LogP contribution in [0.15, 0.2) is 53.4 Å². The normalized spacial score (nSPS) is 13.6. The summed E-state index contributed by atoms with van der Waals surface area (Å²) in [6.45, 7) is 2.32. The van der Waals surface area contributed by atoms with Gasteiger partial charge in [0.05, 0.1) is 10.9 Å². The minimum Gasteiger partial charge on any atom is -0.406 e. The fourth-order valence-electron chi connectivity index (χ4n) is 2.54. The molecule has 1 N–H and O–H groups in total. The lowest BCUT2D eigenvalue weighted by molar-refractivity contribution is -0.274. The Labute approximate surface area is 156 Å². The zero-order valence-electron chi connectivity index (χ0n) is 15.1. The van der Waals surface area contributed by atoms with Crippen LogP contribution in [0, 0.1) is 6.92 Å². The molecule has 5 nitrogen and oxygen atoms in total. The van der Waals surface area contributed by atoms with Gasteiger partial charge in [0, 0.05) is 6.54 Å².